The van der Waals surface area contributed by atoms with Crippen molar-refractivity contribution in [3.63, 3.8) is 0 Å². The van der Waals surface area contributed by atoms with E-state index in [-0.39, 0.29) is 25.0 Å². The zero-order valence-corrected chi connectivity index (χ0v) is 22.9. The van der Waals surface area contributed by atoms with Crippen molar-refractivity contribution in [3.8, 4) is 0 Å². The average molecular weight is 514 g/mol. The lowest BCUT2D eigenvalue weighted by Gasteiger charge is -2.33. The molecule has 1 fully saturated rings. The van der Waals surface area contributed by atoms with E-state index in [0.29, 0.717) is 5.69 Å². The lowest BCUT2D eigenvalue weighted by molar-refractivity contribution is -0.139. The van der Waals surface area contributed by atoms with Gasteiger partial charge in [-0.05, 0) is 63.3 Å². The second kappa shape index (κ2) is 11.9. The van der Waals surface area contributed by atoms with Gasteiger partial charge in [0.05, 0.1) is 11.9 Å². The Hall–Kier alpha value is -2.87. The van der Waals surface area contributed by atoms with Crippen LogP contribution >= 0.6 is 0 Å². The largest absolute Gasteiger partial charge is 0.352 e. The number of sulfonamides is 1. The van der Waals surface area contributed by atoms with Crippen LogP contribution in [0.25, 0.3) is 0 Å². The number of carbonyl (C=O) groups excluding carboxylic acids is 2. The van der Waals surface area contributed by atoms with E-state index in [2.05, 4.69) is 5.32 Å². The summed E-state index contributed by atoms with van der Waals surface area (Å²) in [5.41, 5.74) is 4.16. The van der Waals surface area contributed by atoms with Crippen LogP contribution in [0.2, 0.25) is 0 Å². The maximum Gasteiger partial charge on any atom is 0.244 e. The van der Waals surface area contributed by atoms with Gasteiger partial charge in [-0.15, -0.1) is 0 Å². The Morgan fingerprint density at radius 2 is 1.67 bits per heavy atom. The fraction of sp³-hybridized carbons (Fsp3) is 0.500. The van der Waals surface area contributed by atoms with E-state index in [4.69, 9.17) is 0 Å². The molecular weight excluding hydrogens is 474 g/mol. The van der Waals surface area contributed by atoms with Crippen molar-refractivity contribution >= 4 is 27.5 Å². The average Bonchev–Trinajstić information content (AvgIpc) is 2.82. The lowest BCUT2D eigenvalue weighted by Crippen LogP contribution is -2.53. The van der Waals surface area contributed by atoms with Crippen LogP contribution in [0.4, 0.5) is 5.69 Å². The molecule has 196 valence electrons. The number of hydrogen-bond acceptors (Lipinski definition) is 4. The van der Waals surface area contributed by atoms with Gasteiger partial charge in [-0.2, -0.15) is 0 Å². The zero-order chi connectivity index (χ0) is 26.5. The standard InChI is InChI=1S/C28H39N3O4S/c1-20-15-16-26(22(3)17-20)31(36(5,34)35)19-27(32)30(18-24-12-10-9-11-21(24)2)23(4)28(33)29-25-13-7-6-8-14-25/h9-12,15-17,23,25H,6-8,13-14,18-19H2,1-5H3,(H,29,33). The van der Waals surface area contributed by atoms with Crippen LogP contribution in [0.1, 0.15) is 61.3 Å². The summed E-state index contributed by atoms with van der Waals surface area (Å²) in [6, 6.07) is 12.5. The van der Waals surface area contributed by atoms with Crippen LogP contribution in [-0.2, 0) is 26.2 Å². The summed E-state index contributed by atoms with van der Waals surface area (Å²) in [5.74, 6) is -0.629. The highest BCUT2D eigenvalue weighted by atomic mass is 32.2. The van der Waals surface area contributed by atoms with Crippen LogP contribution in [0, 0.1) is 20.8 Å². The molecule has 1 N–H and O–H groups in total. The molecule has 0 spiro atoms. The molecule has 1 unspecified atom stereocenters. The van der Waals surface area contributed by atoms with Crippen molar-refractivity contribution in [1.29, 1.82) is 0 Å². The number of benzene rings is 2. The van der Waals surface area contributed by atoms with Gasteiger partial charge in [0.15, 0.2) is 0 Å². The normalized spacial score (nSPS) is 15.2. The third-order valence-corrected chi connectivity index (χ3v) is 8.15. The molecule has 2 aromatic carbocycles. The smallest absolute Gasteiger partial charge is 0.244 e. The fourth-order valence-electron chi connectivity index (χ4n) is 4.80. The molecule has 3 rings (SSSR count). The van der Waals surface area contributed by atoms with E-state index in [1.165, 1.54) is 11.3 Å². The van der Waals surface area contributed by atoms with Gasteiger partial charge in [0.1, 0.15) is 12.6 Å². The summed E-state index contributed by atoms with van der Waals surface area (Å²) in [5, 5.41) is 3.12. The Morgan fingerprint density at radius 3 is 2.28 bits per heavy atom. The van der Waals surface area contributed by atoms with Crippen LogP contribution < -0.4 is 9.62 Å². The lowest BCUT2D eigenvalue weighted by atomic mass is 9.95. The summed E-state index contributed by atoms with van der Waals surface area (Å²) in [7, 11) is -3.75. The maximum absolute atomic E-state index is 13.7. The first-order chi connectivity index (χ1) is 17.0. The minimum atomic E-state index is -3.75. The van der Waals surface area contributed by atoms with Crippen LogP contribution in [-0.4, -0.2) is 50.0 Å². The van der Waals surface area contributed by atoms with Gasteiger partial charge in [0.25, 0.3) is 0 Å². The Balaban J connectivity index is 1.90. The summed E-state index contributed by atoms with van der Waals surface area (Å²) >= 11 is 0. The molecule has 0 aliphatic heterocycles. The number of hydrogen-bond donors (Lipinski definition) is 1. The molecule has 0 bridgehead atoms. The number of amides is 2. The summed E-state index contributed by atoms with van der Waals surface area (Å²) in [4.78, 5) is 28.5. The summed E-state index contributed by atoms with van der Waals surface area (Å²) in [6.45, 7) is 7.28. The van der Waals surface area contributed by atoms with Gasteiger partial charge in [-0.3, -0.25) is 13.9 Å². The monoisotopic (exact) mass is 513 g/mol. The Morgan fingerprint density at radius 1 is 1.00 bits per heavy atom. The molecule has 0 aromatic heterocycles. The molecule has 1 saturated carbocycles. The number of nitrogens with one attached hydrogen (secondary N) is 1. The number of rotatable bonds is 9. The second-order valence-corrected chi connectivity index (χ2v) is 11.9. The molecule has 2 amide bonds. The van der Waals surface area contributed by atoms with Crippen molar-refractivity contribution in [2.24, 2.45) is 0 Å². The van der Waals surface area contributed by atoms with Gasteiger partial charge in [0.2, 0.25) is 21.8 Å². The van der Waals surface area contributed by atoms with E-state index in [1.807, 2.05) is 57.2 Å². The van der Waals surface area contributed by atoms with Crippen molar-refractivity contribution in [2.75, 3.05) is 17.1 Å². The Kier molecular flexibility index (Phi) is 9.17. The zero-order valence-electron chi connectivity index (χ0n) is 22.1. The Bertz CT molecular complexity index is 1190. The number of carbonyl (C=O) groups is 2. The van der Waals surface area contributed by atoms with Gasteiger partial charge in [-0.25, -0.2) is 8.42 Å². The molecular formula is C28H39N3O4S. The third-order valence-electron chi connectivity index (χ3n) is 7.02. The number of aryl methyl sites for hydroxylation is 3. The maximum atomic E-state index is 13.7. The van der Waals surface area contributed by atoms with E-state index in [9.17, 15) is 18.0 Å². The summed E-state index contributed by atoms with van der Waals surface area (Å²) < 4.78 is 26.7. The van der Waals surface area contributed by atoms with Gasteiger partial charge in [0, 0.05) is 12.6 Å². The highest BCUT2D eigenvalue weighted by Crippen LogP contribution is 2.25. The highest BCUT2D eigenvalue weighted by molar-refractivity contribution is 7.92. The molecule has 7 nitrogen and oxygen atoms in total. The first-order valence-corrected chi connectivity index (χ1v) is 14.5. The van der Waals surface area contributed by atoms with E-state index in [0.717, 1.165) is 58.5 Å². The fourth-order valence-corrected chi connectivity index (χ4v) is 5.71. The van der Waals surface area contributed by atoms with E-state index >= 15 is 0 Å². The predicted molar refractivity (Wildman–Crippen MR) is 144 cm³/mol. The minimum Gasteiger partial charge on any atom is -0.352 e. The molecule has 1 aliphatic carbocycles. The predicted octanol–water partition coefficient (Wildman–Crippen LogP) is 4.24. The molecule has 36 heavy (non-hydrogen) atoms. The van der Waals surface area contributed by atoms with Crippen LogP contribution in [0.3, 0.4) is 0 Å². The van der Waals surface area contributed by atoms with Gasteiger partial charge >= 0.3 is 0 Å². The van der Waals surface area contributed by atoms with Crippen LogP contribution in [0.5, 0.6) is 0 Å². The molecule has 0 radical (unpaired) electrons. The number of anilines is 1. The quantitative estimate of drug-likeness (QED) is 0.543. The first-order valence-electron chi connectivity index (χ1n) is 12.7. The molecule has 1 aliphatic rings. The topological polar surface area (TPSA) is 86.8 Å². The summed E-state index contributed by atoms with van der Waals surface area (Å²) in [6.07, 6.45) is 6.34. The second-order valence-electron chi connectivity index (χ2n) is 10.0. The van der Waals surface area contributed by atoms with E-state index in [1.54, 1.807) is 13.0 Å². The van der Waals surface area contributed by atoms with Crippen molar-refractivity contribution < 1.29 is 18.0 Å². The highest BCUT2D eigenvalue weighted by Gasteiger charge is 2.31. The van der Waals surface area contributed by atoms with Crippen molar-refractivity contribution in [3.05, 3.63) is 64.7 Å². The molecule has 2 aromatic rings. The SMILES string of the molecule is Cc1ccc(N(CC(=O)N(Cc2ccccc2C)C(C)C(=O)NC2CCCCC2)S(C)(=O)=O)c(C)c1. The first kappa shape index (κ1) is 27.7. The molecule has 8 heteroatoms. The van der Waals surface area contributed by atoms with E-state index < -0.39 is 22.0 Å². The van der Waals surface area contributed by atoms with Crippen molar-refractivity contribution in [1.82, 2.24) is 10.2 Å². The molecule has 0 saturated heterocycles. The van der Waals surface area contributed by atoms with Crippen LogP contribution in [0.15, 0.2) is 42.5 Å². The van der Waals surface area contributed by atoms with Gasteiger partial charge in [-0.1, -0.05) is 61.2 Å². The van der Waals surface area contributed by atoms with Gasteiger partial charge < -0.3 is 10.2 Å². The number of nitrogens with zero attached hydrogens (tertiary/aromatic N) is 2. The Labute approximate surface area is 215 Å². The molecule has 1 atom stereocenters. The third kappa shape index (κ3) is 7.09. The molecule has 0 heterocycles. The minimum absolute atomic E-state index is 0.117. The van der Waals surface area contributed by atoms with Crippen molar-refractivity contribution in [2.45, 2.75) is 78.4 Å².